The van der Waals surface area contributed by atoms with Crippen LogP contribution in [0.15, 0.2) is 28.7 Å². The molecule has 0 heterocycles. The Morgan fingerprint density at radius 3 is 2.15 bits per heavy atom. The van der Waals surface area contributed by atoms with Crippen molar-refractivity contribution < 1.29 is 0 Å². The van der Waals surface area contributed by atoms with Crippen LogP contribution >= 0.6 is 15.9 Å². The van der Waals surface area contributed by atoms with Crippen molar-refractivity contribution in [3.8, 4) is 0 Å². The lowest BCUT2D eigenvalue weighted by Crippen LogP contribution is -2.16. The maximum Gasteiger partial charge on any atom is 0.0328 e. The SMILES string of the molecule is CCCCCCCCCCC(NC)c1ccccc1Br. The maximum absolute atomic E-state index is 3.66. The number of unbranched alkanes of at least 4 members (excludes halogenated alkanes) is 7. The van der Waals surface area contributed by atoms with Gasteiger partial charge in [-0.1, -0.05) is 92.4 Å². The summed E-state index contributed by atoms with van der Waals surface area (Å²) >= 11 is 3.66. The van der Waals surface area contributed by atoms with E-state index in [0.29, 0.717) is 6.04 Å². The van der Waals surface area contributed by atoms with Crippen molar-refractivity contribution in [3.05, 3.63) is 34.3 Å². The maximum atomic E-state index is 3.66. The predicted molar refractivity (Wildman–Crippen MR) is 93.2 cm³/mol. The first kappa shape index (κ1) is 17.7. The summed E-state index contributed by atoms with van der Waals surface area (Å²) in [6.07, 6.45) is 12.3. The smallest absolute Gasteiger partial charge is 0.0328 e. The molecule has 1 nitrogen and oxygen atoms in total. The van der Waals surface area contributed by atoms with Crippen LogP contribution in [0.4, 0.5) is 0 Å². The number of halogens is 1. The fourth-order valence-electron chi connectivity index (χ4n) is 2.70. The highest BCUT2D eigenvalue weighted by molar-refractivity contribution is 9.10. The molecule has 1 N–H and O–H groups in total. The van der Waals surface area contributed by atoms with Gasteiger partial charge in [-0.05, 0) is 25.1 Å². The topological polar surface area (TPSA) is 12.0 Å². The summed E-state index contributed by atoms with van der Waals surface area (Å²) in [4.78, 5) is 0. The summed E-state index contributed by atoms with van der Waals surface area (Å²) in [6.45, 7) is 2.28. The Hall–Kier alpha value is -0.340. The first-order valence-electron chi connectivity index (χ1n) is 8.21. The van der Waals surface area contributed by atoms with E-state index in [4.69, 9.17) is 0 Å². The van der Waals surface area contributed by atoms with Gasteiger partial charge < -0.3 is 5.32 Å². The minimum Gasteiger partial charge on any atom is -0.313 e. The molecule has 0 aliphatic rings. The zero-order valence-corrected chi connectivity index (χ0v) is 14.7. The number of hydrogen-bond acceptors (Lipinski definition) is 1. The van der Waals surface area contributed by atoms with Gasteiger partial charge in [0.05, 0.1) is 0 Å². The molecule has 0 aliphatic carbocycles. The van der Waals surface area contributed by atoms with Crippen molar-refractivity contribution in [2.75, 3.05) is 7.05 Å². The van der Waals surface area contributed by atoms with Crippen LogP contribution in [0.1, 0.15) is 76.3 Å². The lowest BCUT2D eigenvalue weighted by molar-refractivity contribution is 0.493. The van der Waals surface area contributed by atoms with Crippen LogP contribution in [0.3, 0.4) is 0 Å². The summed E-state index contributed by atoms with van der Waals surface area (Å²) in [5.74, 6) is 0. The molecule has 0 aromatic heterocycles. The number of benzene rings is 1. The molecule has 1 atom stereocenters. The molecule has 0 saturated heterocycles. The quantitative estimate of drug-likeness (QED) is 0.470. The molecule has 2 heteroatoms. The van der Waals surface area contributed by atoms with Gasteiger partial charge in [-0.2, -0.15) is 0 Å². The fourth-order valence-corrected chi connectivity index (χ4v) is 3.26. The average molecular weight is 340 g/mol. The van der Waals surface area contributed by atoms with E-state index in [2.05, 4.69) is 59.5 Å². The van der Waals surface area contributed by atoms with E-state index in [1.807, 2.05) is 0 Å². The summed E-state index contributed by atoms with van der Waals surface area (Å²) < 4.78 is 1.22. The van der Waals surface area contributed by atoms with E-state index < -0.39 is 0 Å². The lowest BCUT2D eigenvalue weighted by Gasteiger charge is -2.18. The highest BCUT2D eigenvalue weighted by Gasteiger charge is 2.11. The van der Waals surface area contributed by atoms with Crippen molar-refractivity contribution in [1.82, 2.24) is 5.32 Å². The van der Waals surface area contributed by atoms with E-state index in [1.54, 1.807) is 0 Å². The van der Waals surface area contributed by atoms with E-state index in [-0.39, 0.29) is 0 Å². The Morgan fingerprint density at radius 2 is 1.55 bits per heavy atom. The van der Waals surface area contributed by atoms with Crippen LogP contribution in [0.2, 0.25) is 0 Å². The van der Waals surface area contributed by atoms with Crippen molar-refractivity contribution in [1.29, 1.82) is 0 Å². The first-order valence-corrected chi connectivity index (χ1v) is 9.00. The summed E-state index contributed by atoms with van der Waals surface area (Å²) in [6, 6.07) is 9.03. The van der Waals surface area contributed by atoms with Gasteiger partial charge in [0, 0.05) is 10.5 Å². The standard InChI is InChI=1S/C18H30BrN/c1-3-4-5-6-7-8-9-10-15-18(20-2)16-13-11-12-14-17(16)19/h11-14,18,20H,3-10,15H2,1-2H3. The van der Waals surface area contributed by atoms with Crippen molar-refractivity contribution in [2.45, 2.75) is 70.8 Å². The molecule has 1 aromatic rings. The second-order valence-electron chi connectivity index (χ2n) is 5.63. The zero-order valence-electron chi connectivity index (χ0n) is 13.1. The monoisotopic (exact) mass is 339 g/mol. The molecule has 1 aromatic carbocycles. The minimum atomic E-state index is 0.477. The van der Waals surface area contributed by atoms with Crippen LogP contribution < -0.4 is 5.32 Å². The molecule has 114 valence electrons. The van der Waals surface area contributed by atoms with E-state index >= 15 is 0 Å². The highest BCUT2D eigenvalue weighted by Crippen LogP contribution is 2.26. The minimum absolute atomic E-state index is 0.477. The lowest BCUT2D eigenvalue weighted by atomic mass is 9.99. The Balaban J connectivity index is 2.18. The van der Waals surface area contributed by atoms with Crippen LogP contribution in [0.5, 0.6) is 0 Å². The molecule has 1 rings (SSSR count). The highest BCUT2D eigenvalue weighted by atomic mass is 79.9. The van der Waals surface area contributed by atoms with E-state index in [9.17, 15) is 0 Å². The molecular weight excluding hydrogens is 310 g/mol. The largest absolute Gasteiger partial charge is 0.313 e. The summed E-state index contributed by atoms with van der Waals surface area (Å²) in [5.41, 5.74) is 1.39. The Kier molecular flexibility index (Phi) is 10.0. The zero-order chi connectivity index (χ0) is 14.6. The van der Waals surface area contributed by atoms with Gasteiger partial charge in [-0.25, -0.2) is 0 Å². The van der Waals surface area contributed by atoms with Gasteiger partial charge >= 0.3 is 0 Å². The normalized spacial score (nSPS) is 12.6. The molecule has 0 fully saturated rings. The van der Waals surface area contributed by atoms with Gasteiger partial charge in [0.2, 0.25) is 0 Å². The van der Waals surface area contributed by atoms with Gasteiger partial charge in [0.25, 0.3) is 0 Å². The van der Waals surface area contributed by atoms with Crippen LogP contribution in [0.25, 0.3) is 0 Å². The van der Waals surface area contributed by atoms with Gasteiger partial charge in [-0.3, -0.25) is 0 Å². The van der Waals surface area contributed by atoms with Gasteiger partial charge in [0.15, 0.2) is 0 Å². The molecular formula is C18H30BrN. The molecule has 0 saturated carbocycles. The molecule has 20 heavy (non-hydrogen) atoms. The predicted octanol–water partition coefficient (Wildman–Crippen LogP) is 6.24. The first-order chi connectivity index (χ1) is 9.79. The third-order valence-corrected chi connectivity index (χ3v) is 4.70. The molecule has 0 amide bonds. The third kappa shape index (κ3) is 6.90. The number of rotatable bonds is 11. The molecule has 0 radical (unpaired) electrons. The second kappa shape index (κ2) is 11.3. The van der Waals surface area contributed by atoms with Crippen molar-refractivity contribution >= 4 is 15.9 Å². The van der Waals surface area contributed by atoms with E-state index in [1.165, 1.54) is 67.8 Å². The average Bonchev–Trinajstić information content (AvgIpc) is 2.47. The molecule has 1 unspecified atom stereocenters. The summed E-state index contributed by atoms with van der Waals surface area (Å²) in [5, 5.41) is 3.45. The Morgan fingerprint density at radius 1 is 0.950 bits per heavy atom. The Labute approximate surface area is 133 Å². The van der Waals surface area contributed by atoms with Crippen LogP contribution in [-0.2, 0) is 0 Å². The molecule has 0 spiro atoms. The van der Waals surface area contributed by atoms with Gasteiger partial charge in [-0.15, -0.1) is 0 Å². The molecule has 0 aliphatic heterocycles. The summed E-state index contributed by atoms with van der Waals surface area (Å²) in [7, 11) is 2.06. The molecule has 0 bridgehead atoms. The number of hydrogen-bond donors (Lipinski definition) is 1. The van der Waals surface area contributed by atoms with Crippen LogP contribution in [-0.4, -0.2) is 7.05 Å². The van der Waals surface area contributed by atoms with Crippen molar-refractivity contribution in [2.24, 2.45) is 0 Å². The second-order valence-corrected chi connectivity index (χ2v) is 6.48. The fraction of sp³-hybridized carbons (Fsp3) is 0.667. The Bertz CT molecular complexity index is 351. The van der Waals surface area contributed by atoms with E-state index in [0.717, 1.165) is 0 Å². The number of nitrogens with one attached hydrogen (secondary N) is 1. The van der Waals surface area contributed by atoms with Crippen LogP contribution in [0, 0.1) is 0 Å². The van der Waals surface area contributed by atoms with Crippen molar-refractivity contribution in [3.63, 3.8) is 0 Å². The van der Waals surface area contributed by atoms with Gasteiger partial charge in [0.1, 0.15) is 0 Å². The third-order valence-electron chi connectivity index (χ3n) is 3.98.